The van der Waals surface area contributed by atoms with Gasteiger partial charge in [-0.15, -0.1) is 0 Å². The highest BCUT2D eigenvalue weighted by Crippen LogP contribution is 2.23. The van der Waals surface area contributed by atoms with Crippen LogP contribution in [0.3, 0.4) is 0 Å². The molecule has 0 aliphatic heterocycles. The van der Waals surface area contributed by atoms with Crippen LogP contribution < -0.4 is 4.74 Å². The molecular weight excluding hydrogens is 264 g/mol. The first kappa shape index (κ1) is 17.4. The number of ether oxygens (including phenoxy) is 1. The SMILES string of the molecule is COc1ccc(C/C=C/C(C)(C)C)c(Cl)c1.O=C=O. The van der Waals surface area contributed by atoms with E-state index in [1.54, 1.807) is 7.11 Å². The number of hydrogen-bond donors (Lipinski definition) is 0. The van der Waals surface area contributed by atoms with Gasteiger partial charge in [-0.2, -0.15) is 9.59 Å². The number of rotatable bonds is 3. The molecule has 0 bridgehead atoms. The van der Waals surface area contributed by atoms with E-state index < -0.39 is 0 Å². The summed E-state index contributed by atoms with van der Waals surface area (Å²) in [4.78, 5) is 16.2. The topological polar surface area (TPSA) is 43.4 Å². The van der Waals surface area contributed by atoms with Gasteiger partial charge in [-0.05, 0) is 29.5 Å². The third kappa shape index (κ3) is 8.20. The maximum atomic E-state index is 8.12. The Bertz CT molecular complexity index is 453. The van der Waals surface area contributed by atoms with Gasteiger partial charge < -0.3 is 4.74 Å². The highest BCUT2D eigenvalue weighted by molar-refractivity contribution is 6.31. The first-order valence-corrected chi connectivity index (χ1v) is 6.21. The van der Waals surface area contributed by atoms with Gasteiger partial charge >= 0.3 is 6.15 Å². The molecule has 1 rings (SSSR count). The van der Waals surface area contributed by atoms with Gasteiger partial charge in [0.25, 0.3) is 0 Å². The van der Waals surface area contributed by atoms with Crippen molar-refractivity contribution in [3.8, 4) is 5.75 Å². The zero-order valence-corrected chi connectivity index (χ0v) is 12.5. The van der Waals surface area contributed by atoms with Crippen LogP contribution in [0.2, 0.25) is 5.02 Å². The molecule has 104 valence electrons. The summed E-state index contributed by atoms with van der Waals surface area (Å²) in [6.07, 6.45) is 5.47. The second-order valence-electron chi connectivity index (χ2n) is 5.01. The predicted molar refractivity (Wildman–Crippen MR) is 75.3 cm³/mol. The minimum atomic E-state index is 0.221. The number of hydrogen-bond acceptors (Lipinski definition) is 3. The van der Waals surface area contributed by atoms with E-state index in [4.69, 9.17) is 25.9 Å². The van der Waals surface area contributed by atoms with Gasteiger partial charge in [0.1, 0.15) is 5.75 Å². The maximum absolute atomic E-state index is 8.12. The number of carbonyl (C=O) groups excluding carboxylic acids is 2. The van der Waals surface area contributed by atoms with Crippen molar-refractivity contribution in [2.45, 2.75) is 27.2 Å². The molecule has 0 heterocycles. The average Bonchev–Trinajstić information content (AvgIpc) is 2.30. The van der Waals surface area contributed by atoms with Crippen LogP contribution >= 0.6 is 11.6 Å². The molecule has 0 atom stereocenters. The summed E-state index contributed by atoms with van der Waals surface area (Å²) in [5.41, 5.74) is 1.35. The Labute approximate surface area is 119 Å². The summed E-state index contributed by atoms with van der Waals surface area (Å²) in [7, 11) is 1.64. The molecule has 0 spiro atoms. The summed E-state index contributed by atoms with van der Waals surface area (Å²) < 4.78 is 5.11. The molecule has 4 heteroatoms. The summed E-state index contributed by atoms with van der Waals surface area (Å²) in [5, 5.41) is 0.762. The molecule has 0 saturated heterocycles. The van der Waals surface area contributed by atoms with Crippen LogP contribution in [0.5, 0.6) is 5.75 Å². The van der Waals surface area contributed by atoms with E-state index in [0.29, 0.717) is 0 Å². The van der Waals surface area contributed by atoms with Gasteiger partial charge in [0.05, 0.1) is 7.11 Å². The second kappa shape index (κ2) is 8.52. The van der Waals surface area contributed by atoms with Crippen molar-refractivity contribution in [3.05, 3.63) is 40.9 Å². The van der Waals surface area contributed by atoms with E-state index in [1.807, 2.05) is 18.2 Å². The van der Waals surface area contributed by atoms with Crippen LogP contribution in [0, 0.1) is 5.41 Å². The molecular formula is C15H19ClO3. The lowest BCUT2D eigenvalue weighted by Gasteiger charge is -2.11. The van der Waals surface area contributed by atoms with E-state index in [2.05, 4.69) is 32.9 Å². The van der Waals surface area contributed by atoms with Crippen molar-refractivity contribution in [2.24, 2.45) is 5.41 Å². The summed E-state index contributed by atoms with van der Waals surface area (Å²) in [6, 6.07) is 5.79. The summed E-state index contributed by atoms with van der Waals surface area (Å²) in [5.74, 6) is 0.800. The number of methoxy groups -OCH3 is 1. The molecule has 1 aromatic rings. The molecule has 1 aromatic carbocycles. The van der Waals surface area contributed by atoms with Crippen molar-refractivity contribution < 1.29 is 14.3 Å². The third-order valence-electron chi connectivity index (χ3n) is 2.22. The molecule has 19 heavy (non-hydrogen) atoms. The van der Waals surface area contributed by atoms with Crippen LogP contribution in [0.1, 0.15) is 26.3 Å². The van der Waals surface area contributed by atoms with Crippen molar-refractivity contribution in [3.63, 3.8) is 0 Å². The fraction of sp³-hybridized carbons (Fsp3) is 0.400. The number of halogens is 1. The van der Waals surface area contributed by atoms with Crippen molar-refractivity contribution in [1.29, 1.82) is 0 Å². The highest BCUT2D eigenvalue weighted by atomic mass is 35.5. The zero-order chi connectivity index (χ0) is 14.9. The largest absolute Gasteiger partial charge is 0.497 e. The van der Waals surface area contributed by atoms with Crippen LogP contribution in [-0.4, -0.2) is 13.3 Å². The van der Waals surface area contributed by atoms with Crippen LogP contribution in [0.4, 0.5) is 0 Å². The molecule has 0 radical (unpaired) electrons. The van der Waals surface area contributed by atoms with Crippen LogP contribution in [0.15, 0.2) is 30.4 Å². The predicted octanol–water partition coefficient (Wildman–Crippen LogP) is 3.91. The molecule has 0 saturated carbocycles. The van der Waals surface area contributed by atoms with E-state index in [9.17, 15) is 0 Å². The Kier molecular flexibility index (Phi) is 7.81. The van der Waals surface area contributed by atoms with Crippen molar-refractivity contribution in [1.82, 2.24) is 0 Å². The van der Waals surface area contributed by atoms with Gasteiger partial charge in [-0.1, -0.05) is 50.6 Å². The normalized spacial score (nSPS) is 10.6. The Hall–Kier alpha value is -1.57. The Morgan fingerprint density at radius 3 is 2.32 bits per heavy atom. The van der Waals surface area contributed by atoms with Crippen molar-refractivity contribution in [2.75, 3.05) is 7.11 Å². The first-order chi connectivity index (χ1) is 8.84. The Morgan fingerprint density at radius 2 is 1.89 bits per heavy atom. The molecule has 0 amide bonds. The first-order valence-electron chi connectivity index (χ1n) is 5.83. The lowest BCUT2D eigenvalue weighted by atomic mass is 9.95. The van der Waals surface area contributed by atoms with E-state index in [-0.39, 0.29) is 11.6 Å². The summed E-state index contributed by atoms with van der Waals surface area (Å²) in [6.45, 7) is 6.54. The average molecular weight is 283 g/mol. The van der Waals surface area contributed by atoms with Gasteiger partial charge in [0, 0.05) is 5.02 Å². The fourth-order valence-corrected chi connectivity index (χ4v) is 1.61. The van der Waals surface area contributed by atoms with E-state index in [1.165, 1.54) is 0 Å². The smallest absolute Gasteiger partial charge is 0.373 e. The van der Waals surface area contributed by atoms with Gasteiger partial charge in [-0.3, -0.25) is 0 Å². The Morgan fingerprint density at radius 1 is 1.32 bits per heavy atom. The maximum Gasteiger partial charge on any atom is 0.373 e. The van der Waals surface area contributed by atoms with E-state index >= 15 is 0 Å². The molecule has 0 aliphatic rings. The second-order valence-corrected chi connectivity index (χ2v) is 5.42. The quantitative estimate of drug-likeness (QED) is 0.790. The molecule has 0 fully saturated rings. The lowest BCUT2D eigenvalue weighted by molar-refractivity contribution is -0.191. The molecule has 3 nitrogen and oxygen atoms in total. The van der Waals surface area contributed by atoms with Crippen LogP contribution in [-0.2, 0) is 16.0 Å². The third-order valence-corrected chi connectivity index (χ3v) is 2.57. The van der Waals surface area contributed by atoms with Crippen molar-refractivity contribution >= 4 is 17.8 Å². The molecule has 0 aromatic heterocycles. The van der Waals surface area contributed by atoms with Crippen LogP contribution in [0.25, 0.3) is 0 Å². The van der Waals surface area contributed by atoms with Gasteiger partial charge in [-0.25, -0.2) is 0 Å². The summed E-state index contributed by atoms with van der Waals surface area (Å²) >= 11 is 6.14. The molecule has 0 N–H and O–H groups in total. The zero-order valence-electron chi connectivity index (χ0n) is 11.7. The Balaban J connectivity index is 0.000000982. The molecule has 0 unspecified atom stereocenters. The minimum absolute atomic E-state index is 0.221. The highest BCUT2D eigenvalue weighted by Gasteiger charge is 2.04. The minimum Gasteiger partial charge on any atom is -0.497 e. The monoisotopic (exact) mass is 282 g/mol. The number of benzene rings is 1. The lowest BCUT2D eigenvalue weighted by Crippen LogP contribution is -1.98. The number of allylic oxidation sites excluding steroid dienone is 2. The molecule has 0 aliphatic carbocycles. The van der Waals surface area contributed by atoms with E-state index in [0.717, 1.165) is 22.8 Å². The fourth-order valence-electron chi connectivity index (χ4n) is 1.36. The van der Waals surface area contributed by atoms with Gasteiger partial charge in [0.2, 0.25) is 0 Å². The standard InChI is InChI=1S/C14H19ClO.CO2/c1-14(2,3)9-5-6-11-7-8-12(16-4)10-13(11)15;2-1-3/h5,7-10H,6H2,1-4H3;/b9-5+;. The van der Waals surface area contributed by atoms with Gasteiger partial charge in [0.15, 0.2) is 0 Å².